The number of aryl methyl sites for hydroxylation is 1. The van der Waals surface area contributed by atoms with Crippen LogP contribution in [0.25, 0.3) is 5.70 Å². The van der Waals surface area contributed by atoms with E-state index in [2.05, 4.69) is 11.6 Å². The third-order valence-electron chi connectivity index (χ3n) is 3.59. The molecule has 0 aliphatic heterocycles. The Balaban J connectivity index is 2.48. The smallest absolute Gasteiger partial charge is 0.331 e. The number of carboxylic acids is 1. The van der Waals surface area contributed by atoms with Crippen LogP contribution in [-0.4, -0.2) is 16.8 Å². The lowest BCUT2D eigenvalue weighted by molar-refractivity contribution is -0.132. The average Bonchev–Trinajstić information content (AvgIpc) is 2.48. The van der Waals surface area contributed by atoms with Gasteiger partial charge in [0.05, 0.1) is 11.4 Å². The molecule has 0 saturated carbocycles. The fourth-order valence-electron chi connectivity index (χ4n) is 2.27. The van der Waals surface area contributed by atoms with Crippen molar-refractivity contribution in [3.05, 3.63) is 76.9 Å². The molecule has 1 aromatic carbocycles. The SMILES string of the molecule is C=C(N=C1C=CC(C)=C/C1=C(/C)C(=O)O)c1ccccc1C. The molecule has 3 heteroatoms. The summed E-state index contributed by atoms with van der Waals surface area (Å²) in [7, 11) is 0. The monoisotopic (exact) mass is 293 g/mol. The second-order valence-corrected chi connectivity index (χ2v) is 5.32. The first-order valence-corrected chi connectivity index (χ1v) is 7.04. The third-order valence-corrected chi connectivity index (χ3v) is 3.59. The van der Waals surface area contributed by atoms with Crippen LogP contribution in [0.5, 0.6) is 0 Å². The molecule has 0 aromatic heterocycles. The molecule has 0 bridgehead atoms. The number of allylic oxidation sites excluding steroid dienone is 5. The highest BCUT2D eigenvalue weighted by Crippen LogP contribution is 2.23. The number of benzene rings is 1. The summed E-state index contributed by atoms with van der Waals surface area (Å²) in [4.78, 5) is 15.8. The third kappa shape index (κ3) is 3.31. The van der Waals surface area contributed by atoms with Gasteiger partial charge in [0.25, 0.3) is 0 Å². The van der Waals surface area contributed by atoms with Gasteiger partial charge >= 0.3 is 5.97 Å². The Hall–Kier alpha value is -2.68. The van der Waals surface area contributed by atoms with E-state index in [4.69, 9.17) is 0 Å². The molecule has 112 valence electrons. The molecule has 1 N–H and O–H groups in total. The lowest BCUT2D eigenvalue weighted by Crippen LogP contribution is -2.10. The summed E-state index contributed by atoms with van der Waals surface area (Å²) in [5, 5.41) is 9.24. The maximum Gasteiger partial charge on any atom is 0.331 e. The Morgan fingerprint density at radius 1 is 1.18 bits per heavy atom. The van der Waals surface area contributed by atoms with Gasteiger partial charge in [0, 0.05) is 16.7 Å². The molecule has 0 atom stereocenters. The fourth-order valence-corrected chi connectivity index (χ4v) is 2.27. The zero-order valence-corrected chi connectivity index (χ0v) is 13.1. The second-order valence-electron chi connectivity index (χ2n) is 5.32. The average molecular weight is 293 g/mol. The summed E-state index contributed by atoms with van der Waals surface area (Å²) in [6.07, 6.45) is 5.59. The molecule has 0 spiro atoms. The molecule has 2 rings (SSSR count). The predicted octanol–water partition coefficient (Wildman–Crippen LogP) is 4.32. The molecule has 1 aliphatic rings. The zero-order valence-electron chi connectivity index (χ0n) is 13.1. The molecule has 0 amide bonds. The van der Waals surface area contributed by atoms with Crippen LogP contribution in [0.2, 0.25) is 0 Å². The molecular formula is C19H19NO2. The largest absolute Gasteiger partial charge is 0.478 e. The van der Waals surface area contributed by atoms with Gasteiger partial charge in [-0.05, 0) is 38.5 Å². The highest BCUT2D eigenvalue weighted by atomic mass is 16.4. The van der Waals surface area contributed by atoms with Gasteiger partial charge in [-0.3, -0.25) is 0 Å². The Bertz CT molecular complexity index is 761. The number of aliphatic imine (C=N–C) groups is 1. The number of carboxylic acid groups (broad SMARTS) is 1. The molecule has 0 heterocycles. The van der Waals surface area contributed by atoms with Crippen molar-refractivity contribution in [1.82, 2.24) is 0 Å². The lowest BCUT2D eigenvalue weighted by Gasteiger charge is -2.13. The summed E-state index contributed by atoms with van der Waals surface area (Å²) in [5.74, 6) is -0.941. The number of hydrogen-bond acceptors (Lipinski definition) is 2. The summed E-state index contributed by atoms with van der Waals surface area (Å²) in [5.41, 5.74) is 5.20. The van der Waals surface area contributed by atoms with E-state index in [0.29, 0.717) is 17.0 Å². The van der Waals surface area contributed by atoms with Crippen LogP contribution in [0.15, 0.2) is 70.8 Å². The summed E-state index contributed by atoms with van der Waals surface area (Å²) in [6.45, 7) is 9.55. The lowest BCUT2D eigenvalue weighted by atomic mass is 9.96. The Labute approximate surface area is 130 Å². The number of nitrogens with zero attached hydrogens (tertiary/aromatic N) is 1. The number of carbonyl (C=O) groups is 1. The van der Waals surface area contributed by atoms with E-state index >= 15 is 0 Å². The first-order chi connectivity index (χ1) is 10.4. The van der Waals surface area contributed by atoms with E-state index in [-0.39, 0.29) is 5.57 Å². The molecule has 0 unspecified atom stereocenters. The number of aliphatic carboxylic acids is 1. The first kappa shape index (κ1) is 15.7. The van der Waals surface area contributed by atoms with Crippen LogP contribution in [-0.2, 0) is 4.79 Å². The minimum atomic E-state index is -0.941. The summed E-state index contributed by atoms with van der Waals surface area (Å²) >= 11 is 0. The minimum absolute atomic E-state index is 0.278. The highest BCUT2D eigenvalue weighted by Gasteiger charge is 2.15. The minimum Gasteiger partial charge on any atom is -0.478 e. The van der Waals surface area contributed by atoms with Crippen LogP contribution >= 0.6 is 0 Å². The molecule has 0 fully saturated rings. The van der Waals surface area contributed by atoms with Gasteiger partial charge in [-0.25, -0.2) is 9.79 Å². The predicted molar refractivity (Wildman–Crippen MR) is 90.9 cm³/mol. The van der Waals surface area contributed by atoms with E-state index in [1.54, 1.807) is 6.92 Å². The Morgan fingerprint density at radius 2 is 1.86 bits per heavy atom. The first-order valence-electron chi connectivity index (χ1n) is 7.04. The van der Waals surface area contributed by atoms with Crippen molar-refractivity contribution in [2.75, 3.05) is 0 Å². The van der Waals surface area contributed by atoms with E-state index in [0.717, 1.165) is 16.7 Å². The van der Waals surface area contributed by atoms with Crippen molar-refractivity contribution >= 4 is 17.4 Å². The van der Waals surface area contributed by atoms with Crippen LogP contribution in [0.4, 0.5) is 0 Å². The molecular weight excluding hydrogens is 274 g/mol. The van der Waals surface area contributed by atoms with Gasteiger partial charge in [-0.1, -0.05) is 42.5 Å². The molecule has 1 aliphatic carbocycles. The van der Waals surface area contributed by atoms with Crippen molar-refractivity contribution in [3.8, 4) is 0 Å². The van der Waals surface area contributed by atoms with Crippen LogP contribution in [0.3, 0.4) is 0 Å². The van der Waals surface area contributed by atoms with E-state index in [9.17, 15) is 9.90 Å². The van der Waals surface area contributed by atoms with Gasteiger partial charge in [-0.15, -0.1) is 0 Å². The van der Waals surface area contributed by atoms with Crippen molar-refractivity contribution < 1.29 is 9.90 Å². The molecule has 3 nitrogen and oxygen atoms in total. The van der Waals surface area contributed by atoms with Gasteiger partial charge in [0.1, 0.15) is 0 Å². The number of hydrogen-bond donors (Lipinski definition) is 1. The highest BCUT2D eigenvalue weighted by molar-refractivity contribution is 6.17. The van der Waals surface area contributed by atoms with Gasteiger partial charge < -0.3 is 5.11 Å². The van der Waals surface area contributed by atoms with Crippen molar-refractivity contribution in [2.45, 2.75) is 20.8 Å². The molecule has 0 radical (unpaired) electrons. The van der Waals surface area contributed by atoms with Gasteiger partial charge in [0.2, 0.25) is 0 Å². The standard InChI is InChI=1S/C19H19NO2/c1-12-9-10-18(17(11-12)14(3)19(21)22)20-15(4)16-8-6-5-7-13(16)2/h5-11H,4H2,1-3H3,(H,21,22)/b17-14+,20-18?. The fraction of sp³-hybridized carbons (Fsp3) is 0.158. The molecule has 0 saturated heterocycles. The second kappa shape index (κ2) is 6.39. The van der Waals surface area contributed by atoms with E-state index in [1.807, 2.05) is 56.3 Å². The Morgan fingerprint density at radius 3 is 2.50 bits per heavy atom. The summed E-state index contributed by atoms with van der Waals surface area (Å²) < 4.78 is 0. The topological polar surface area (TPSA) is 49.7 Å². The quantitative estimate of drug-likeness (QED) is 0.843. The van der Waals surface area contributed by atoms with Gasteiger partial charge in [-0.2, -0.15) is 0 Å². The van der Waals surface area contributed by atoms with E-state index in [1.165, 1.54) is 0 Å². The molecule has 1 aromatic rings. The van der Waals surface area contributed by atoms with Crippen molar-refractivity contribution in [2.24, 2.45) is 4.99 Å². The van der Waals surface area contributed by atoms with Crippen LogP contribution < -0.4 is 0 Å². The van der Waals surface area contributed by atoms with Crippen LogP contribution in [0.1, 0.15) is 25.0 Å². The van der Waals surface area contributed by atoms with Crippen LogP contribution in [0, 0.1) is 6.92 Å². The summed E-state index contributed by atoms with van der Waals surface area (Å²) in [6, 6.07) is 7.86. The van der Waals surface area contributed by atoms with Crippen molar-refractivity contribution in [1.29, 1.82) is 0 Å². The zero-order chi connectivity index (χ0) is 16.3. The normalized spacial score (nSPS) is 18.1. The number of rotatable bonds is 3. The maximum absolute atomic E-state index is 11.3. The van der Waals surface area contributed by atoms with E-state index < -0.39 is 5.97 Å². The maximum atomic E-state index is 11.3. The Kier molecular flexibility index (Phi) is 4.56. The molecule has 22 heavy (non-hydrogen) atoms. The van der Waals surface area contributed by atoms with Gasteiger partial charge in [0.15, 0.2) is 0 Å². The van der Waals surface area contributed by atoms with Crippen molar-refractivity contribution in [3.63, 3.8) is 0 Å².